The van der Waals surface area contributed by atoms with Gasteiger partial charge in [-0.05, 0) is 57.7 Å². The predicted octanol–water partition coefficient (Wildman–Crippen LogP) is 2.11. The summed E-state index contributed by atoms with van der Waals surface area (Å²) >= 11 is 0. The molecule has 0 aromatic heterocycles. The smallest absolute Gasteiger partial charge is 0.00448 e. The summed E-state index contributed by atoms with van der Waals surface area (Å²) in [7, 11) is 0. The van der Waals surface area contributed by atoms with Crippen LogP contribution in [0.5, 0.6) is 0 Å². The highest BCUT2D eigenvalue weighted by Gasteiger charge is 2.44. The molecule has 2 fully saturated rings. The zero-order chi connectivity index (χ0) is 10.9. The summed E-state index contributed by atoms with van der Waals surface area (Å²) < 4.78 is 0. The Morgan fingerprint density at radius 1 is 1.40 bits per heavy atom. The first-order valence-electron chi connectivity index (χ1n) is 6.63. The highest BCUT2D eigenvalue weighted by Crippen LogP contribution is 2.44. The average Bonchev–Trinajstić information content (AvgIpc) is 2.64. The topological polar surface area (TPSA) is 15.3 Å². The van der Waals surface area contributed by atoms with Crippen molar-refractivity contribution in [2.24, 2.45) is 11.3 Å². The average molecular weight is 210 g/mol. The molecule has 0 aromatic carbocycles. The monoisotopic (exact) mass is 210 g/mol. The van der Waals surface area contributed by atoms with E-state index < -0.39 is 0 Å². The molecule has 2 nitrogen and oxygen atoms in total. The molecular formula is C13H26N2. The van der Waals surface area contributed by atoms with Gasteiger partial charge in [0.15, 0.2) is 0 Å². The van der Waals surface area contributed by atoms with Crippen LogP contribution in [0.2, 0.25) is 0 Å². The molecule has 1 spiro atoms. The number of likely N-dealkylation sites (tertiary alicyclic amines) is 1. The minimum atomic E-state index is 0.657. The van der Waals surface area contributed by atoms with E-state index in [0.29, 0.717) is 5.41 Å². The summed E-state index contributed by atoms with van der Waals surface area (Å²) in [5.41, 5.74) is 0.657. The van der Waals surface area contributed by atoms with E-state index in [2.05, 4.69) is 31.0 Å². The Labute approximate surface area is 94.4 Å². The van der Waals surface area contributed by atoms with Crippen molar-refractivity contribution in [1.82, 2.24) is 10.2 Å². The Morgan fingerprint density at radius 2 is 2.20 bits per heavy atom. The number of piperidine rings is 1. The number of rotatable bonds is 2. The Bertz CT molecular complexity index is 215. The van der Waals surface area contributed by atoms with Crippen LogP contribution >= 0.6 is 0 Å². The van der Waals surface area contributed by atoms with Gasteiger partial charge in [0.2, 0.25) is 0 Å². The predicted molar refractivity (Wildman–Crippen MR) is 65.0 cm³/mol. The van der Waals surface area contributed by atoms with Crippen molar-refractivity contribution in [3.05, 3.63) is 0 Å². The molecule has 2 heterocycles. The van der Waals surface area contributed by atoms with E-state index in [0.717, 1.165) is 12.0 Å². The Balaban J connectivity index is 2.05. The summed E-state index contributed by atoms with van der Waals surface area (Å²) in [4.78, 5) is 2.67. The molecular weight excluding hydrogens is 184 g/mol. The van der Waals surface area contributed by atoms with Gasteiger partial charge in [-0.2, -0.15) is 0 Å². The van der Waals surface area contributed by atoms with E-state index in [4.69, 9.17) is 0 Å². The Morgan fingerprint density at radius 3 is 2.80 bits per heavy atom. The molecule has 2 atom stereocenters. The number of nitrogens with zero attached hydrogens (tertiary/aromatic N) is 1. The lowest BCUT2D eigenvalue weighted by Gasteiger charge is -2.42. The molecule has 2 aliphatic heterocycles. The molecule has 2 unspecified atom stereocenters. The minimum Gasteiger partial charge on any atom is -0.316 e. The molecule has 0 aliphatic carbocycles. The van der Waals surface area contributed by atoms with Crippen LogP contribution in [0.3, 0.4) is 0 Å². The molecule has 0 bridgehead atoms. The van der Waals surface area contributed by atoms with E-state index in [9.17, 15) is 0 Å². The van der Waals surface area contributed by atoms with Crippen LogP contribution in [0.25, 0.3) is 0 Å². The standard InChI is InChI=1S/C13H26N2/c1-4-12-9-14-7-5-13(12)6-8-15(10-13)11(2)3/h11-12,14H,4-10H2,1-3H3. The fraction of sp³-hybridized carbons (Fsp3) is 1.00. The summed E-state index contributed by atoms with van der Waals surface area (Å²) in [6.45, 7) is 12.2. The van der Waals surface area contributed by atoms with Crippen LogP contribution < -0.4 is 5.32 Å². The van der Waals surface area contributed by atoms with Crippen molar-refractivity contribution < 1.29 is 0 Å². The lowest BCUT2D eigenvalue weighted by molar-refractivity contribution is 0.103. The maximum absolute atomic E-state index is 3.56. The summed E-state index contributed by atoms with van der Waals surface area (Å²) in [6.07, 6.45) is 4.18. The highest BCUT2D eigenvalue weighted by molar-refractivity contribution is 4.98. The van der Waals surface area contributed by atoms with Crippen LogP contribution in [0.1, 0.15) is 40.0 Å². The van der Waals surface area contributed by atoms with Crippen molar-refractivity contribution in [3.8, 4) is 0 Å². The normalized spacial score (nSPS) is 38.0. The molecule has 0 radical (unpaired) electrons. The van der Waals surface area contributed by atoms with Gasteiger partial charge in [0.05, 0.1) is 0 Å². The highest BCUT2D eigenvalue weighted by atomic mass is 15.2. The van der Waals surface area contributed by atoms with Gasteiger partial charge < -0.3 is 10.2 Å². The molecule has 0 saturated carbocycles. The summed E-state index contributed by atoms with van der Waals surface area (Å²) in [5, 5.41) is 3.56. The van der Waals surface area contributed by atoms with Crippen LogP contribution in [0.15, 0.2) is 0 Å². The van der Waals surface area contributed by atoms with Gasteiger partial charge in [-0.25, -0.2) is 0 Å². The molecule has 88 valence electrons. The molecule has 15 heavy (non-hydrogen) atoms. The van der Waals surface area contributed by atoms with Gasteiger partial charge >= 0.3 is 0 Å². The van der Waals surface area contributed by atoms with E-state index in [1.165, 1.54) is 45.4 Å². The number of hydrogen-bond donors (Lipinski definition) is 1. The van der Waals surface area contributed by atoms with Gasteiger partial charge in [0, 0.05) is 12.6 Å². The Kier molecular flexibility index (Phi) is 3.36. The molecule has 0 amide bonds. The van der Waals surface area contributed by atoms with E-state index in [1.807, 2.05) is 0 Å². The third-order valence-electron chi connectivity index (χ3n) is 4.69. The molecule has 2 aliphatic rings. The van der Waals surface area contributed by atoms with Crippen molar-refractivity contribution >= 4 is 0 Å². The lowest BCUT2D eigenvalue weighted by Crippen LogP contribution is -2.47. The Hall–Kier alpha value is -0.0800. The van der Waals surface area contributed by atoms with Crippen LogP contribution in [0.4, 0.5) is 0 Å². The fourth-order valence-electron chi connectivity index (χ4n) is 3.52. The summed E-state index contributed by atoms with van der Waals surface area (Å²) in [6, 6.07) is 0.733. The van der Waals surface area contributed by atoms with Crippen molar-refractivity contribution in [3.63, 3.8) is 0 Å². The quantitative estimate of drug-likeness (QED) is 0.751. The largest absolute Gasteiger partial charge is 0.316 e. The zero-order valence-electron chi connectivity index (χ0n) is 10.6. The first-order valence-corrected chi connectivity index (χ1v) is 6.63. The second kappa shape index (κ2) is 4.42. The van der Waals surface area contributed by atoms with Crippen LogP contribution in [-0.4, -0.2) is 37.1 Å². The second-order valence-corrected chi connectivity index (χ2v) is 5.74. The third kappa shape index (κ3) is 2.07. The molecule has 2 rings (SSSR count). The molecule has 1 N–H and O–H groups in total. The first kappa shape index (κ1) is 11.4. The van der Waals surface area contributed by atoms with Gasteiger partial charge in [-0.15, -0.1) is 0 Å². The van der Waals surface area contributed by atoms with Gasteiger partial charge in [0.1, 0.15) is 0 Å². The zero-order valence-corrected chi connectivity index (χ0v) is 10.6. The number of nitrogens with one attached hydrogen (secondary N) is 1. The number of hydrogen-bond acceptors (Lipinski definition) is 2. The van der Waals surface area contributed by atoms with E-state index in [1.54, 1.807) is 0 Å². The molecule has 2 heteroatoms. The van der Waals surface area contributed by atoms with E-state index >= 15 is 0 Å². The maximum atomic E-state index is 3.56. The van der Waals surface area contributed by atoms with Gasteiger partial charge in [-0.1, -0.05) is 13.3 Å². The third-order valence-corrected chi connectivity index (χ3v) is 4.69. The maximum Gasteiger partial charge on any atom is 0.00448 e. The van der Waals surface area contributed by atoms with Gasteiger partial charge in [0.25, 0.3) is 0 Å². The lowest BCUT2D eigenvalue weighted by atomic mass is 9.69. The van der Waals surface area contributed by atoms with Gasteiger partial charge in [-0.3, -0.25) is 0 Å². The van der Waals surface area contributed by atoms with Crippen LogP contribution in [0, 0.1) is 11.3 Å². The van der Waals surface area contributed by atoms with Crippen molar-refractivity contribution in [1.29, 1.82) is 0 Å². The van der Waals surface area contributed by atoms with E-state index in [-0.39, 0.29) is 0 Å². The first-order chi connectivity index (χ1) is 7.18. The second-order valence-electron chi connectivity index (χ2n) is 5.74. The summed E-state index contributed by atoms with van der Waals surface area (Å²) in [5.74, 6) is 0.912. The minimum absolute atomic E-state index is 0.657. The SMILES string of the molecule is CCC1CNCCC12CCN(C(C)C)C2. The van der Waals surface area contributed by atoms with Crippen molar-refractivity contribution in [2.45, 2.75) is 46.1 Å². The van der Waals surface area contributed by atoms with Crippen molar-refractivity contribution in [2.75, 3.05) is 26.2 Å². The molecule has 0 aromatic rings. The molecule has 2 saturated heterocycles. The van der Waals surface area contributed by atoms with Crippen LogP contribution in [-0.2, 0) is 0 Å². The fourth-order valence-corrected chi connectivity index (χ4v) is 3.52.